The molecule has 0 radical (unpaired) electrons. The summed E-state index contributed by atoms with van der Waals surface area (Å²) in [6.45, 7) is 7.14. The normalized spacial score (nSPS) is 12.2. The zero-order valence-electron chi connectivity index (χ0n) is 17.6. The highest BCUT2D eigenvalue weighted by Gasteiger charge is 2.23. The molecule has 6 nitrogen and oxygen atoms in total. The molecule has 0 saturated carbocycles. The zero-order valence-corrected chi connectivity index (χ0v) is 17.6. The van der Waals surface area contributed by atoms with Crippen molar-refractivity contribution in [2.24, 2.45) is 16.5 Å². The highest BCUT2D eigenvalue weighted by Crippen LogP contribution is 2.19. The molecule has 0 spiro atoms. The Morgan fingerprint density at radius 2 is 1.62 bits per heavy atom. The van der Waals surface area contributed by atoms with Gasteiger partial charge in [-0.1, -0.05) is 54.6 Å². The van der Waals surface area contributed by atoms with Gasteiger partial charge in [-0.25, -0.2) is 0 Å². The third kappa shape index (κ3) is 8.35. The van der Waals surface area contributed by atoms with Crippen LogP contribution in [0.1, 0.15) is 39.2 Å². The number of carbonyl (C=O) groups is 1. The molecule has 0 unspecified atom stereocenters. The number of amides is 1. The molecule has 1 atom stereocenters. The second-order valence-corrected chi connectivity index (χ2v) is 8.18. The summed E-state index contributed by atoms with van der Waals surface area (Å²) < 4.78 is 0. The summed E-state index contributed by atoms with van der Waals surface area (Å²) in [5.74, 6) is 0.0606. The van der Waals surface area contributed by atoms with E-state index < -0.39 is 0 Å². The molecule has 0 bridgehead atoms. The minimum absolute atomic E-state index is 0.0169. The summed E-state index contributed by atoms with van der Waals surface area (Å²) in [6.07, 6.45) is 1.39. The Morgan fingerprint density at radius 3 is 2.21 bits per heavy atom. The van der Waals surface area contributed by atoms with Gasteiger partial charge >= 0.3 is 0 Å². The van der Waals surface area contributed by atoms with Crippen LogP contribution in [0.5, 0.6) is 0 Å². The molecule has 0 aliphatic heterocycles. The van der Waals surface area contributed by atoms with Crippen LogP contribution in [0.25, 0.3) is 11.1 Å². The van der Waals surface area contributed by atoms with Crippen LogP contribution in [0.2, 0.25) is 0 Å². The third-order valence-corrected chi connectivity index (χ3v) is 4.40. The Morgan fingerprint density at radius 1 is 1.00 bits per heavy atom. The lowest BCUT2D eigenvalue weighted by Crippen LogP contribution is -2.51. The van der Waals surface area contributed by atoms with Crippen molar-refractivity contribution in [3.63, 3.8) is 0 Å². The lowest BCUT2D eigenvalue weighted by atomic mass is 10.0. The number of hydrogen-bond donors (Lipinski definition) is 4. The molecule has 0 aliphatic rings. The van der Waals surface area contributed by atoms with Crippen molar-refractivity contribution in [3.8, 4) is 11.1 Å². The van der Waals surface area contributed by atoms with Crippen LogP contribution in [-0.4, -0.2) is 30.0 Å². The van der Waals surface area contributed by atoms with E-state index in [9.17, 15) is 4.79 Å². The minimum atomic E-state index is -0.298. The first-order valence-corrected chi connectivity index (χ1v) is 10.00. The predicted octanol–water partition coefficient (Wildman–Crippen LogP) is 2.78. The summed E-state index contributed by atoms with van der Waals surface area (Å²) in [5.41, 5.74) is 14.0. The first-order chi connectivity index (χ1) is 13.7. The van der Waals surface area contributed by atoms with E-state index in [4.69, 9.17) is 11.5 Å². The molecule has 156 valence electrons. The van der Waals surface area contributed by atoms with E-state index in [0.29, 0.717) is 19.5 Å². The molecule has 29 heavy (non-hydrogen) atoms. The molecule has 2 aromatic rings. The van der Waals surface area contributed by atoms with Gasteiger partial charge in [-0.15, -0.1) is 0 Å². The number of nitrogens with one attached hydrogen (secondary N) is 2. The monoisotopic (exact) mass is 395 g/mol. The Kier molecular flexibility index (Phi) is 8.21. The van der Waals surface area contributed by atoms with Crippen LogP contribution in [0.3, 0.4) is 0 Å². The Bertz CT molecular complexity index is 790. The number of carbonyl (C=O) groups excluding carboxylic acids is 1. The number of nitrogens with zero attached hydrogens (tertiary/aromatic N) is 1. The van der Waals surface area contributed by atoms with Crippen molar-refractivity contribution >= 4 is 11.9 Å². The van der Waals surface area contributed by atoms with Gasteiger partial charge in [0.05, 0.1) is 6.04 Å². The number of nitrogens with two attached hydrogens (primary N) is 2. The summed E-state index contributed by atoms with van der Waals surface area (Å²) in [4.78, 5) is 16.7. The van der Waals surface area contributed by atoms with Crippen molar-refractivity contribution in [2.45, 2.75) is 51.7 Å². The quantitative estimate of drug-likeness (QED) is 0.298. The lowest BCUT2D eigenvalue weighted by molar-refractivity contribution is -0.124. The largest absolute Gasteiger partial charge is 0.370 e. The fraction of sp³-hybridized carbons (Fsp3) is 0.391. The third-order valence-electron chi connectivity index (χ3n) is 4.40. The highest BCUT2D eigenvalue weighted by atomic mass is 16.2. The highest BCUT2D eigenvalue weighted by molar-refractivity contribution is 5.81. The van der Waals surface area contributed by atoms with Crippen LogP contribution >= 0.6 is 0 Å². The van der Waals surface area contributed by atoms with E-state index in [1.54, 1.807) is 0 Å². The van der Waals surface area contributed by atoms with Crippen molar-refractivity contribution in [2.75, 3.05) is 6.54 Å². The van der Waals surface area contributed by atoms with Gasteiger partial charge in [-0.2, -0.15) is 0 Å². The summed E-state index contributed by atoms with van der Waals surface area (Å²) in [6, 6.07) is 18.2. The minimum Gasteiger partial charge on any atom is -0.370 e. The molecule has 0 fully saturated rings. The van der Waals surface area contributed by atoms with Crippen molar-refractivity contribution in [1.82, 2.24) is 10.6 Å². The van der Waals surface area contributed by atoms with Crippen LogP contribution in [0.4, 0.5) is 0 Å². The fourth-order valence-corrected chi connectivity index (χ4v) is 3.05. The lowest BCUT2D eigenvalue weighted by Gasteiger charge is -2.28. The van der Waals surface area contributed by atoms with E-state index in [0.717, 1.165) is 17.5 Å². The van der Waals surface area contributed by atoms with E-state index in [1.807, 2.05) is 51.1 Å². The molecule has 6 N–H and O–H groups in total. The van der Waals surface area contributed by atoms with Crippen LogP contribution in [-0.2, 0) is 11.3 Å². The van der Waals surface area contributed by atoms with Crippen LogP contribution < -0.4 is 22.1 Å². The molecular formula is C23H33N5O. The Balaban J connectivity index is 1.93. The van der Waals surface area contributed by atoms with E-state index >= 15 is 0 Å². The second-order valence-electron chi connectivity index (χ2n) is 8.18. The fourth-order valence-electron chi connectivity index (χ4n) is 3.05. The average molecular weight is 396 g/mol. The standard InChI is InChI=1S/C23H33N5O/c1-23(2,3)28-20(10-7-15-26-22(24)25)21(29)27-16-17-11-13-19(14-12-17)18-8-5-4-6-9-18/h4-6,8-9,11-14,20,28H,7,10,15-16H2,1-3H3,(H,27,29)(H4,24,25,26)/t20-/m1/s1. The van der Waals surface area contributed by atoms with Crippen molar-refractivity contribution < 1.29 is 4.79 Å². The molecule has 0 aromatic heterocycles. The van der Waals surface area contributed by atoms with Gasteiger partial charge in [0.25, 0.3) is 0 Å². The van der Waals surface area contributed by atoms with Crippen LogP contribution in [0.15, 0.2) is 59.6 Å². The maximum absolute atomic E-state index is 12.8. The second kappa shape index (κ2) is 10.6. The van der Waals surface area contributed by atoms with Gasteiger partial charge in [0.1, 0.15) is 0 Å². The molecule has 0 saturated heterocycles. The van der Waals surface area contributed by atoms with Crippen LogP contribution in [0, 0.1) is 0 Å². The van der Waals surface area contributed by atoms with Gasteiger partial charge in [0.2, 0.25) is 5.91 Å². The Hall–Kier alpha value is -2.86. The maximum Gasteiger partial charge on any atom is 0.237 e. The smallest absolute Gasteiger partial charge is 0.237 e. The molecule has 1 amide bonds. The summed E-state index contributed by atoms with van der Waals surface area (Å²) in [7, 11) is 0. The molecule has 2 rings (SSSR count). The number of aliphatic imine (C=N–C) groups is 1. The maximum atomic E-state index is 12.8. The molecule has 2 aromatic carbocycles. The molecule has 6 heteroatoms. The zero-order chi connectivity index (χ0) is 21.3. The van der Waals surface area contributed by atoms with Gasteiger partial charge in [0, 0.05) is 18.6 Å². The molecule has 0 aliphatic carbocycles. The van der Waals surface area contributed by atoms with E-state index in [2.05, 4.69) is 39.9 Å². The first kappa shape index (κ1) is 22.4. The van der Waals surface area contributed by atoms with Gasteiger partial charge in [-0.3, -0.25) is 9.79 Å². The number of benzene rings is 2. The molecular weight excluding hydrogens is 362 g/mol. The van der Waals surface area contributed by atoms with Gasteiger partial charge in [-0.05, 0) is 50.3 Å². The summed E-state index contributed by atoms with van der Waals surface area (Å²) >= 11 is 0. The van der Waals surface area contributed by atoms with Gasteiger partial charge < -0.3 is 22.1 Å². The van der Waals surface area contributed by atoms with E-state index in [1.165, 1.54) is 5.56 Å². The molecule has 0 heterocycles. The first-order valence-electron chi connectivity index (χ1n) is 10.00. The number of hydrogen-bond acceptors (Lipinski definition) is 3. The number of guanidine groups is 1. The average Bonchev–Trinajstić information content (AvgIpc) is 2.68. The van der Waals surface area contributed by atoms with E-state index in [-0.39, 0.29) is 23.4 Å². The predicted molar refractivity (Wildman–Crippen MR) is 120 cm³/mol. The number of rotatable bonds is 9. The summed E-state index contributed by atoms with van der Waals surface area (Å²) in [5, 5.41) is 6.43. The Labute approximate surface area is 173 Å². The SMILES string of the molecule is CC(C)(C)N[C@H](CCCN=C(N)N)C(=O)NCc1ccc(-c2ccccc2)cc1. The topological polar surface area (TPSA) is 106 Å². The van der Waals surface area contributed by atoms with Gasteiger partial charge in [0.15, 0.2) is 5.96 Å². The van der Waals surface area contributed by atoms with Crippen molar-refractivity contribution in [1.29, 1.82) is 0 Å². The van der Waals surface area contributed by atoms with Crippen molar-refractivity contribution in [3.05, 3.63) is 60.2 Å².